The van der Waals surface area contributed by atoms with Crippen LogP contribution in [0, 0.1) is 11.8 Å². The highest BCUT2D eigenvalue weighted by Gasteiger charge is 2.27. The lowest BCUT2D eigenvalue weighted by Crippen LogP contribution is -2.40. The molecule has 2 fully saturated rings. The highest BCUT2D eigenvalue weighted by atomic mass is 35.5. The van der Waals surface area contributed by atoms with Crippen molar-refractivity contribution in [3.63, 3.8) is 0 Å². The van der Waals surface area contributed by atoms with Gasteiger partial charge in [-0.15, -0.1) is 0 Å². The molecule has 3 heterocycles. The lowest BCUT2D eigenvalue weighted by molar-refractivity contribution is 0.0921. The lowest BCUT2D eigenvalue weighted by Gasteiger charge is -2.33. The van der Waals surface area contributed by atoms with Crippen molar-refractivity contribution in [1.82, 2.24) is 10.2 Å². The predicted molar refractivity (Wildman–Crippen MR) is 107 cm³/mol. The van der Waals surface area contributed by atoms with E-state index >= 15 is 0 Å². The van der Waals surface area contributed by atoms with E-state index in [2.05, 4.69) is 10.2 Å². The minimum Gasteiger partial charge on any atom is -0.485 e. The summed E-state index contributed by atoms with van der Waals surface area (Å²) in [5.41, 5.74) is 6.65. The summed E-state index contributed by atoms with van der Waals surface area (Å²) in [5, 5.41) is 3.35. The summed E-state index contributed by atoms with van der Waals surface area (Å²) in [6, 6.07) is 1.56. The van der Waals surface area contributed by atoms with Gasteiger partial charge in [-0.25, -0.2) is 0 Å². The average Bonchev–Trinajstić information content (AvgIpc) is 3.23. The first kappa shape index (κ1) is 19.6. The molecule has 1 aromatic carbocycles. The first-order valence-corrected chi connectivity index (χ1v) is 10.5. The molecule has 28 heavy (non-hydrogen) atoms. The number of benzene rings is 1. The van der Waals surface area contributed by atoms with E-state index < -0.39 is 0 Å². The molecule has 1 aromatic rings. The zero-order chi connectivity index (χ0) is 19.5. The zero-order valence-electron chi connectivity index (χ0n) is 16.0. The van der Waals surface area contributed by atoms with Gasteiger partial charge in [-0.05, 0) is 50.3 Å². The molecule has 1 amide bonds. The Morgan fingerprint density at radius 3 is 2.61 bits per heavy atom. The van der Waals surface area contributed by atoms with Gasteiger partial charge in [0.1, 0.15) is 13.2 Å². The highest BCUT2D eigenvalue weighted by Crippen LogP contribution is 2.43. The fraction of sp³-hybridized carbons (Fsp3) is 0.650. The van der Waals surface area contributed by atoms with Crippen molar-refractivity contribution in [3.8, 4) is 11.5 Å². The minimum absolute atomic E-state index is 0.200. The number of nitrogens with zero attached hydrogens (tertiary/aromatic N) is 1. The Balaban J connectivity index is 1.30. The number of hydrogen-bond acceptors (Lipinski definition) is 6. The van der Waals surface area contributed by atoms with Crippen LogP contribution in [0.5, 0.6) is 11.5 Å². The Morgan fingerprint density at radius 2 is 1.89 bits per heavy atom. The SMILES string of the molecule is Nc1c(Cl)cc(C(=O)NCC2CCN(CC3CCOC3)CC2)c2c1OCCO2. The number of hydrogen-bond donors (Lipinski definition) is 2. The number of nitrogens with two attached hydrogens (primary N) is 1. The fourth-order valence-electron chi connectivity index (χ4n) is 4.16. The number of rotatable bonds is 5. The number of halogens is 1. The number of fused-ring (bicyclic) bond motifs is 1. The van der Waals surface area contributed by atoms with Gasteiger partial charge >= 0.3 is 0 Å². The first-order valence-electron chi connectivity index (χ1n) is 10.1. The maximum absolute atomic E-state index is 12.7. The first-order chi connectivity index (χ1) is 13.6. The molecule has 3 aliphatic heterocycles. The van der Waals surface area contributed by atoms with Crippen LogP contribution in [-0.2, 0) is 4.74 Å². The lowest BCUT2D eigenvalue weighted by atomic mass is 9.95. The summed E-state index contributed by atoms with van der Waals surface area (Å²) in [6.07, 6.45) is 3.36. The molecule has 2 saturated heterocycles. The van der Waals surface area contributed by atoms with E-state index in [0.29, 0.717) is 59.4 Å². The monoisotopic (exact) mass is 409 g/mol. The number of ether oxygens (including phenoxy) is 3. The smallest absolute Gasteiger partial charge is 0.255 e. The largest absolute Gasteiger partial charge is 0.485 e. The van der Waals surface area contributed by atoms with Gasteiger partial charge in [0, 0.05) is 19.7 Å². The maximum Gasteiger partial charge on any atom is 0.255 e. The van der Waals surface area contributed by atoms with Crippen LogP contribution in [0.2, 0.25) is 5.02 Å². The molecule has 0 spiro atoms. The Morgan fingerprint density at radius 1 is 1.14 bits per heavy atom. The number of piperidine rings is 1. The van der Waals surface area contributed by atoms with Gasteiger partial charge in [-0.3, -0.25) is 4.79 Å². The van der Waals surface area contributed by atoms with E-state index in [9.17, 15) is 4.79 Å². The zero-order valence-corrected chi connectivity index (χ0v) is 16.8. The van der Waals surface area contributed by atoms with Crippen LogP contribution in [-0.4, -0.2) is 63.4 Å². The summed E-state index contributed by atoms with van der Waals surface area (Å²) >= 11 is 6.17. The molecule has 0 bridgehead atoms. The third-order valence-corrected chi connectivity index (χ3v) is 6.16. The molecule has 3 N–H and O–H groups in total. The summed E-state index contributed by atoms with van der Waals surface area (Å²) in [6.45, 7) is 6.53. The van der Waals surface area contributed by atoms with Gasteiger partial charge in [0.25, 0.3) is 5.91 Å². The van der Waals surface area contributed by atoms with Crippen molar-refractivity contribution in [2.75, 3.05) is 58.3 Å². The summed E-state index contributed by atoms with van der Waals surface area (Å²) in [7, 11) is 0. The third-order valence-electron chi connectivity index (χ3n) is 5.84. The topological polar surface area (TPSA) is 86.1 Å². The molecule has 0 saturated carbocycles. The van der Waals surface area contributed by atoms with Gasteiger partial charge < -0.3 is 30.2 Å². The van der Waals surface area contributed by atoms with E-state index in [4.69, 9.17) is 31.5 Å². The fourth-order valence-corrected chi connectivity index (χ4v) is 4.36. The summed E-state index contributed by atoms with van der Waals surface area (Å²) in [4.78, 5) is 15.3. The molecule has 7 nitrogen and oxygen atoms in total. The molecule has 0 aromatic heterocycles. The van der Waals surface area contributed by atoms with Crippen LogP contribution in [0.25, 0.3) is 0 Å². The van der Waals surface area contributed by atoms with Gasteiger partial charge in [-0.1, -0.05) is 11.6 Å². The van der Waals surface area contributed by atoms with E-state index in [1.165, 1.54) is 6.42 Å². The summed E-state index contributed by atoms with van der Waals surface area (Å²) in [5.74, 6) is 1.72. The minimum atomic E-state index is -0.200. The van der Waals surface area contributed by atoms with Gasteiger partial charge in [0.05, 0.1) is 22.9 Å². The van der Waals surface area contributed by atoms with E-state index in [1.807, 2.05) is 0 Å². The normalized spacial score (nSPS) is 23.0. The average molecular weight is 410 g/mol. The van der Waals surface area contributed by atoms with Crippen LogP contribution in [0.3, 0.4) is 0 Å². The number of likely N-dealkylation sites (tertiary alicyclic amines) is 1. The molecule has 0 aliphatic carbocycles. The second-order valence-electron chi connectivity index (χ2n) is 7.86. The molecular weight excluding hydrogens is 382 g/mol. The van der Waals surface area contributed by atoms with Crippen LogP contribution in [0.4, 0.5) is 5.69 Å². The van der Waals surface area contributed by atoms with Crippen LogP contribution >= 0.6 is 11.6 Å². The van der Waals surface area contributed by atoms with Crippen molar-refractivity contribution < 1.29 is 19.0 Å². The van der Waals surface area contributed by atoms with E-state index in [0.717, 1.165) is 45.7 Å². The molecule has 4 rings (SSSR count). The van der Waals surface area contributed by atoms with Crippen molar-refractivity contribution in [2.24, 2.45) is 11.8 Å². The van der Waals surface area contributed by atoms with Crippen molar-refractivity contribution in [1.29, 1.82) is 0 Å². The Labute approximate surface area is 170 Å². The quantitative estimate of drug-likeness (QED) is 0.725. The number of nitrogen functional groups attached to an aromatic ring is 1. The van der Waals surface area contributed by atoms with Crippen LogP contribution in [0.1, 0.15) is 29.6 Å². The van der Waals surface area contributed by atoms with Crippen LogP contribution < -0.4 is 20.5 Å². The van der Waals surface area contributed by atoms with Crippen molar-refractivity contribution in [3.05, 3.63) is 16.7 Å². The predicted octanol–water partition coefficient (Wildman–Crippen LogP) is 2.17. The van der Waals surface area contributed by atoms with E-state index in [1.54, 1.807) is 6.07 Å². The molecule has 154 valence electrons. The maximum atomic E-state index is 12.7. The van der Waals surface area contributed by atoms with E-state index in [-0.39, 0.29) is 5.91 Å². The second-order valence-corrected chi connectivity index (χ2v) is 8.27. The molecule has 1 unspecified atom stereocenters. The van der Waals surface area contributed by atoms with Gasteiger partial charge in [0.2, 0.25) is 0 Å². The number of carbonyl (C=O) groups excluding carboxylic acids is 1. The standard InChI is InChI=1S/C20H28ClN3O4/c21-16-9-15(18-19(17(16)22)28-8-7-27-18)20(25)23-10-13-1-4-24(5-2-13)11-14-3-6-26-12-14/h9,13-14H,1-8,10-12,22H2,(H,23,25). The van der Waals surface area contributed by atoms with Gasteiger partial charge in [-0.2, -0.15) is 0 Å². The number of anilines is 1. The molecular formula is C20H28ClN3O4. The number of nitrogens with one attached hydrogen (secondary N) is 1. The highest BCUT2D eigenvalue weighted by molar-refractivity contribution is 6.34. The van der Waals surface area contributed by atoms with Crippen molar-refractivity contribution >= 4 is 23.2 Å². The Bertz CT molecular complexity index is 716. The third kappa shape index (κ3) is 4.31. The molecule has 0 radical (unpaired) electrons. The number of amides is 1. The molecule has 8 heteroatoms. The van der Waals surface area contributed by atoms with Crippen molar-refractivity contribution in [2.45, 2.75) is 19.3 Å². The Kier molecular flexibility index (Phi) is 6.13. The molecule has 3 aliphatic rings. The summed E-state index contributed by atoms with van der Waals surface area (Å²) < 4.78 is 16.7. The van der Waals surface area contributed by atoms with Gasteiger partial charge in [0.15, 0.2) is 11.5 Å². The Hall–Kier alpha value is -1.70. The number of carbonyl (C=O) groups is 1. The molecule has 1 atom stereocenters. The second kappa shape index (κ2) is 8.76. The van der Waals surface area contributed by atoms with Crippen LogP contribution in [0.15, 0.2) is 6.07 Å².